The smallest absolute Gasteiger partial charge is 0.302 e. The van der Waals surface area contributed by atoms with Crippen LogP contribution in [0.15, 0.2) is 60.8 Å². The number of piperidine rings is 1. The molecular formula is C23H24N2O3. The predicted molar refractivity (Wildman–Crippen MR) is 108 cm³/mol. The highest BCUT2D eigenvalue weighted by atomic mass is 16.5. The van der Waals surface area contributed by atoms with E-state index >= 15 is 0 Å². The van der Waals surface area contributed by atoms with Crippen LogP contribution in [0.3, 0.4) is 0 Å². The van der Waals surface area contributed by atoms with Gasteiger partial charge in [0.25, 0.3) is 0 Å². The van der Waals surface area contributed by atoms with Crippen molar-refractivity contribution in [1.29, 1.82) is 0 Å². The average molecular weight is 376 g/mol. The lowest BCUT2D eigenvalue weighted by Gasteiger charge is -2.37. The van der Waals surface area contributed by atoms with Crippen LogP contribution in [0, 0.1) is 0 Å². The third-order valence-corrected chi connectivity index (χ3v) is 5.36. The van der Waals surface area contributed by atoms with Gasteiger partial charge in [-0.25, -0.2) is 0 Å². The second kappa shape index (κ2) is 7.98. The molecule has 1 aliphatic rings. The molecule has 1 unspecified atom stereocenters. The van der Waals surface area contributed by atoms with Gasteiger partial charge in [-0.1, -0.05) is 36.4 Å². The van der Waals surface area contributed by atoms with Gasteiger partial charge >= 0.3 is 5.97 Å². The first-order chi connectivity index (χ1) is 13.6. The van der Waals surface area contributed by atoms with E-state index in [1.807, 2.05) is 42.5 Å². The van der Waals surface area contributed by atoms with E-state index in [-0.39, 0.29) is 23.9 Å². The lowest BCUT2D eigenvalue weighted by Crippen LogP contribution is -2.40. The Morgan fingerprint density at radius 2 is 1.86 bits per heavy atom. The Hall–Kier alpha value is -2.92. The summed E-state index contributed by atoms with van der Waals surface area (Å²) in [5.41, 5.74) is 1.78. The summed E-state index contributed by atoms with van der Waals surface area (Å²) in [4.78, 5) is 18.2. The van der Waals surface area contributed by atoms with Crippen LogP contribution in [0.4, 0.5) is 0 Å². The standard InChI is InChI=1S/C23H24N2O3/c1-16(26)28-18-11-14-25(15-12-18)23(20-8-4-5-13-24-20)22-19-7-3-2-6-17(19)9-10-21(22)27/h2-10,13,18,23,27H,11-12,14-15H2,1H3. The summed E-state index contributed by atoms with van der Waals surface area (Å²) < 4.78 is 5.39. The van der Waals surface area contributed by atoms with Crippen molar-refractivity contribution in [2.45, 2.75) is 31.9 Å². The van der Waals surface area contributed by atoms with Crippen molar-refractivity contribution in [3.8, 4) is 5.75 Å². The van der Waals surface area contributed by atoms with Crippen molar-refractivity contribution in [2.75, 3.05) is 13.1 Å². The molecular weight excluding hydrogens is 352 g/mol. The quantitative estimate of drug-likeness (QED) is 0.696. The van der Waals surface area contributed by atoms with Crippen LogP contribution in [0.25, 0.3) is 10.8 Å². The molecule has 2 heterocycles. The number of fused-ring (bicyclic) bond motifs is 1. The number of nitrogens with zero attached hydrogens (tertiary/aromatic N) is 2. The molecule has 3 aromatic rings. The summed E-state index contributed by atoms with van der Waals surface area (Å²) >= 11 is 0. The Morgan fingerprint density at radius 1 is 1.11 bits per heavy atom. The van der Waals surface area contributed by atoms with Crippen molar-refractivity contribution >= 4 is 16.7 Å². The summed E-state index contributed by atoms with van der Waals surface area (Å²) in [5, 5.41) is 12.9. The fraction of sp³-hybridized carbons (Fsp3) is 0.304. The first-order valence-electron chi connectivity index (χ1n) is 9.66. The molecule has 1 saturated heterocycles. The Kier molecular flexibility index (Phi) is 5.26. The number of aromatic nitrogens is 1. The molecule has 144 valence electrons. The van der Waals surface area contributed by atoms with Crippen molar-refractivity contribution in [1.82, 2.24) is 9.88 Å². The molecule has 2 aromatic carbocycles. The number of esters is 1. The summed E-state index contributed by atoms with van der Waals surface area (Å²) in [5.74, 6) is 0.0443. The molecule has 0 aliphatic carbocycles. The third kappa shape index (κ3) is 3.71. The van der Waals surface area contributed by atoms with Gasteiger partial charge in [0.15, 0.2) is 0 Å². The van der Waals surface area contributed by atoms with E-state index in [0.29, 0.717) is 0 Å². The van der Waals surface area contributed by atoms with Gasteiger partial charge in [-0.2, -0.15) is 0 Å². The minimum atomic E-state index is -0.230. The van der Waals surface area contributed by atoms with Gasteiger partial charge in [0.1, 0.15) is 11.9 Å². The number of ether oxygens (including phenoxy) is 1. The Balaban J connectivity index is 1.75. The Morgan fingerprint density at radius 3 is 2.57 bits per heavy atom. The minimum Gasteiger partial charge on any atom is -0.508 e. The first kappa shape index (κ1) is 18.4. The Bertz CT molecular complexity index is 966. The number of carbonyl (C=O) groups is 1. The highest BCUT2D eigenvalue weighted by molar-refractivity contribution is 5.88. The maximum Gasteiger partial charge on any atom is 0.302 e. The number of carbonyl (C=O) groups excluding carboxylic acids is 1. The molecule has 0 amide bonds. The zero-order chi connectivity index (χ0) is 19.5. The van der Waals surface area contributed by atoms with E-state index in [9.17, 15) is 9.90 Å². The number of rotatable bonds is 4. The number of hydrogen-bond donors (Lipinski definition) is 1. The molecule has 28 heavy (non-hydrogen) atoms. The van der Waals surface area contributed by atoms with Crippen LogP contribution in [0.1, 0.15) is 37.1 Å². The minimum absolute atomic E-state index is 0.0424. The van der Waals surface area contributed by atoms with Crippen molar-refractivity contribution in [3.63, 3.8) is 0 Å². The second-order valence-electron chi connectivity index (χ2n) is 7.22. The highest BCUT2D eigenvalue weighted by Gasteiger charge is 2.31. The number of benzene rings is 2. The highest BCUT2D eigenvalue weighted by Crippen LogP contribution is 2.39. The van der Waals surface area contributed by atoms with Gasteiger partial charge in [0.05, 0.1) is 11.7 Å². The summed E-state index contributed by atoms with van der Waals surface area (Å²) in [7, 11) is 0. The zero-order valence-electron chi connectivity index (χ0n) is 15.9. The van der Waals surface area contributed by atoms with Gasteiger partial charge in [0, 0.05) is 31.8 Å². The van der Waals surface area contributed by atoms with Crippen LogP contribution in [0.5, 0.6) is 5.75 Å². The molecule has 4 rings (SSSR count). The van der Waals surface area contributed by atoms with Crippen LogP contribution in [-0.4, -0.2) is 40.2 Å². The van der Waals surface area contributed by atoms with Crippen LogP contribution < -0.4 is 0 Å². The lowest BCUT2D eigenvalue weighted by molar-refractivity contribution is -0.148. The summed E-state index contributed by atoms with van der Waals surface area (Å²) in [6, 6.07) is 17.5. The van der Waals surface area contributed by atoms with E-state index in [2.05, 4.69) is 16.0 Å². The molecule has 5 heteroatoms. The molecule has 0 bridgehead atoms. The fourth-order valence-electron chi connectivity index (χ4n) is 4.11. The Labute approximate surface area is 164 Å². The predicted octanol–water partition coefficient (Wildman–Crippen LogP) is 4.06. The van der Waals surface area contributed by atoms with Gasteiger partial charge in [-0.15, -0.1) is 0 Å². The lowest BCUT2D eigenvalue weighted by atomic mass is 9.92. The fourth-order valence-corrected chi connectivity index (χ4v) is 4.11. The topological polar surface area (TPSA) is 62.7 Å². The molecule has 5 nitrogen and oxygen atoms in total. The van der Waals surface area contributed by atoms with Gasteiger partial charge in [-0.3, -0.25) is 14.7 Å². The van der Waals surface area contributed by atoms with Crippen molar-refractivity contribution in [3.05, 3.63) is 72.1 Å². The molecule has 1 aliphatic heterocycles. The molecule has 0 radical (unpaired) electrons. The maximum atomic E-state index is 11.3. The monoisotopic (exact) mass is 376 g/mol. The molecule has 0 saturated carbocycles. The molecule has 1 N–H and O–H groups in total. The number of hydrogen-bond acceptors (Lipinski definition) is 5. The number of phenols is 1. The molecule has 0 spiro atoms. The summed E-state index contributed by atoms with van der Waals surface area (Å²) in [6.07, 6.45) is 3.29. The number of pyridine rings is 1. The second-order valence-corrected chi connectivity index (χ2v) is 7.22. The average Bonchev–Trinajstić information content (AvgIpc) is 2.71. The van der Waals surface area contributed by atoms with Gasteiger partial charge in [0.2, 0.25) is 0 Å². The SMILES string of the molecule is CC(=O)OC1CCN(C(c2ccccn2)c2c(O)ccc3ccccc23)CC1. The van der Waals surface area contributed by atoms with E-state index in [1.165, 1.54) is 6.92 Å². The van der Waals surface area contributed by atoms with E-state index in [1.54, 1.807) is 12.3 Å². The van der Waals surface area contributed by atoms with Crippen molar-refractivity contribution in [2.24, 2.45) is 0 Å². The number of aromatic hydroxyl groups is 1. The number of likely N-dealkylation sites (tertiary alicyclic amines) is 1. The van der Waals surface area contributed by atoms with Crippen LogP contribution in [0.2, 0.25) is 0 Å². The molecule has 1 fully saturated rings. The van der Waals surface area contributed by atoms with E-state index in [4.69, 9.17) is 4.74 Å². The van der Waals surface area contributed by atoms with E-state index < -0.39 is 0 Å². The maximum absolute atomic E-state index is 11.3. The zero-order valence-corrected chi connectivity index (χ0v) is 15.9. The van der Waals surface area contributed by atoms with Crippen LogP contribution in [-0.2, 0) is 9.53 Å². The van der Waals surface area contributed by atoms with E-state index in [0.717, 1.165) is 48.0 Å². The van der Waals surface area contributed by atoms with Crippen LogP contribution >= 0.6 is 0 Å². The normalized spacial score (nSPS) is 16.8. The number of phenolic OH excluding ortho intramolecular Hbond substituents is 1. The summed E-state index contributed by atoms with van der Waals surface area (Å²) in [6.45, 7) is 2.99. The van der Waals surface area contributed by atoms with Gasteiger partial charge in [-0.05, 0) is 41.8 Å². The first-order valence-corrected chi connectivity index (χ1v) is 9.66. The third-order valence-electron chi connectivity index (χ3n) is 5.36. The largest absolute Gasteiger partial charge is 0.508 e. The molecule has 1 aromatic heterocycles. The van der Waals surface area contributed by atoms with Gasteiger partial charge < -0.3 is 9.84 Å². The van der Waals surface area contributed by atoms with Crippen molar-refractivity contribution < 1.29 is 14.6 Å². The molecule has 1 atom stereocenters.